The van der Waals surface area contributed by atoms with Gasteiger partial charge < -0.3 is 15.2 Å². The predicted molar refractivity (Wildman–Crippen MR) is 66.6 cm³/mol. The van der Waals surface area contributed by atoms with Crippen molar-refractivity contribution in [3.8, 4) is 0 Å². The Bertz CT molecular complexity index is 302. The highest BCUT2D eigenvalue weighted by molar-refractivity contribution is 5.02. The van der Waals surface area contributed by atoms with Gasteiger partial charge in [0.2, 0.25) is 0 Å². The number of aliphatic hydroxyl groups is 1. The second-order valence-electron chi connectivity index (χ2n) is 4.24. The van der Waals surface area contributed by atoms with Crippen LogP contribution in [0.25, 0.3) is 0 Å². The quantitative estimate of drug-likeness (QED) is 0.624. The van der Waals surface area contributed by atoms with E-state index >= 15 is 0 Å². The molecule has 1 rings (SSSR count). The lowest BCUT2D eigenvalue weighted by molar-refractivity contribution is 0.0358. The van der Waals surface area contributed by atoms with Crippen LogP contribution < -0.4 is 5.32 Å². The lowest BCUT2D eigenvalue weighted by Crippen LogP contribution is -2.30. The minimum atomic E-state index is -0.441. The Balaban J connectivity index is 2.02. The number of nitrogens with one attached hydrogen (secondary N) is 1. The van der Waals surface area contributed by atoms with E-state index in [1.807, 2.05) is 19.4 Å². The van der Waals surface area contributed by atoms with Crippen LogP contribution in [0, 0.1) is 0 Å². The normalized spacial score (nSPS) is 12.9. The van der Waals surface area contributed by atoms with E-state index in [-0.39, 0.29) is 0 Å². The number of aryl methyl sites for hydroxylation is 1. The molecule has 0 saturated carbocycles. The van der Waals surface area contributed by atoms with Crippen LogP contribution in [0.15, 0.2) is 12.4 Å². The molecule has 1 aromatic rings. The number of aromatic nitrogens is 2. The molecule has 0 aliphatic rings. The molecule has 0 aliphatic carbocycles. The zero-order valence-corrected chi connectivity index (χ0v) is 10.7. The Morgan fingerprint density at radius 2 is 2.41 bits per heavy atom. The van der Waals surface area contributed by atoms with E-state index in [0.717, 1.165) is 31.6 Å². The molecular weight excluding hydrogens is 218 g/mol. The van der Waals surface area contributed by atoms with E-state index in [9.17, 15) is 5.11 Å². The van der Waals surface area contributed by atoms with Crippen molar-refractivity contribution < 1.29 is 9.84 Å². The molecule has 0 spiro atoms. The van der Waals surface area contributed by atoms with Crippen molar-refractivity contribution in [2.45, 2.75) is 32.4 Å². The van der Waals surface area contributed by atoms with Gasteiger partial charge in [0.1, 0.15) is 0 Å². The fourth-order valence-electron chi connectivity index (χ4n) is 1.47. The zero-order valence-electron chi connectivity index (χ0n) is 10.7. The molecule has 98 valence electrons. The number of nitrogens with zero attached hydrogens (tertiary/aromatic N) is 2. The number of ether oxygens (including phenoxy) is 1. The van der Waals surface area contributed by atoms with Crippen LogP contribution in [0.2, 0.25) is 0 Å². The Labute approximate surface area is 103 Å². The average Bonchev–Trinajstić information content (AvgIpc) is 2.71. The molecule has 0 aliphatic heterocycles. The smallest absolute Gasteiger partial charge is 0.0897 e. The summed E-state index contributed by atoms with van der Waals surface area (Å²) in [4.78, 5) is 0. The number of hydrogen-bond acceptors (Lipinski definition) is 4. The molecule has 0 aromatic carbocycles. The molecule has 0 radical (unpaired) electrons. The number of aliphatic hydroxyl groups excluding tert-OH is 1. The highest BCUT2D eigenvalue weighted by Crippen LogP contribution is 1.95. The Hall–Kier alpha value is -0.910. The second kappa shape index (κ2) is 8.22. The maximum Gasteiger partial charge on any atom is 0.0897 e. The first kappa shape index (κ1) is 14.2. The van der Waals surface area contributed by atoms with Crippen molar-refractivity contribution in [2.75, 3.05) is 19.8 Å². The third-order valence-electron chi connectivity index (χ3n) is 2.42. The van der Waals surface area contributed by atoms with Crippen molar-refractivity contribution >= 4 is 0 Å². The molecule has 0 saturated heterocycles. The van der Waals surface area contributed by atoms with Crippen LogP contribution in [0.4, 0.5) is 0 Å². The molecule has 17 heavy (non-hydrogen) atoms. The van der Waals surface area contributed by atoms with E-state index in [1.165, 1.54) is 0 Å². The average molecular weight is 241 g/mol. The first-order valence-corrected chi connectivity index (χ1v) is 6.16. The van der Waals surface area contributed by atoms with Crippen molar-refractivity contribution in [3.63, 3.8) is 0 Å². The van der Waals surface area contributed by atoms with Gasteiger partial charge in [-0.05, 0) is 6.42 Å². The highest BCUT2D eigenvalue weighted by Gasteiger charge is 2.04. The maximum atomic E-state index is 9.62. The molecule has 0 fully saturated rings. The number of unbranched alkanes of at least 4 members (excludes halogenated alkanes) is 1. The molecule has 0 bridgehead atoms. The lowest BCUT2D eigenvalue weighted by Gasteiger charge is -2.11. The molecule has 1 unspecified atom stereocenters. The summed E-state index contributed by atoms with van der Waals surface area (Å²) in [6.07, 6.45) is 5.50. The van der Waals surface area contributed by atoms with Crippen molar-refractivity contribution in [1.29, 1.82) is 0 Å². The fraction of sp³-hybridized carbons (Fsp3) is 0.750. The summed E-state index contributed by atoms with van der Waals surface area (Å²) in [7, 11) is 1.89. The standard InChI is InChI=1S/C12H23N3O2/c1-3-4-5-17-10-12(16)8-13-6-11-7-14-15(2)9-11/h7,9,12-13,16H,3-6,8,10H2,1-2H3. The van der Waals surface area contributed by atoms with Gasteiger partial charge in [-0.2, -0.15) is 5.10 Å². The van der Waals surface area contributed by atoms with Gasteiger partial charge in [0.25, 0.3) is 0 Å². The summed E-state index contributed by atoms with van der Waals surface area (Å²) in [6, 6.07) is 0. The largest absolute Gasteiger partial charge is 0.389 e. The van der Waals surface area contributed by atoms with E-state index in [0.29, 0.717) is 13.2 Å². The summed E-state index contributed by atoms with van der Waals surface area (Å²) < 4.78 is 7.10. The van der Waals surface area contributed by atoms with E-state index in [4.69, 9.17) is 4.74 Å². The second-order valence-corrected chi connectivity index (χ2v) is 4.24. The van der Waals surface area contributed by atoms with E-state index in [2.05, 4.69) is 17.3 Å². The van der Waals surface area contributed by atoms with E-state index in [1.54, 1.807) is 4.68 Å². The Kier molecular flexibility index (Phi) is 6.84. The molecule has 1 aromatic heterocycles. The van der Waals surface area contributed by atoms with Gasteiger partial charge in [0.05, 0.1) is 18.9 Å². The van der Waals surface area contributed by atoms with Gasteiger partial charge in [-0.1, -0.05) is 13.3 Å². The summed E-state index contributed by atoms with van der Waals surface area (Å²) in [5.74, 6) is 0. The van der Waals surface area contributed by atoms with Gasteiger partial charge in [-0.15, -0.1) is 0 Å². The van der Waals surface area contributed by atoms with Crippen molar-refractivity contribution in [1.82, 2.24) is 15.1 Å². The van der Waals surface area contributed by atoms with Crippen LogP contribution in [-0.2, 0) is 18.3 Å². The van der Waals surface area contributed by atoms with Gasteiger partial charge in [-0.25, -0.2) is 0 Å². The molecule has 2 N–H and O–H groups in total. The number of rotatable bonds is 9. The van der Waals surface area contributed by atoms with Crippen LogP contribution >= 0.6 is 0 Å². The van der Waals surface area contributed by atoms with Crippen LogP contribution in [-0.4, -0.2) is 40.7 Å². The fourth-order valence-corrected chi connectivity index (χ4v) is 1.47. The van der Waals surface area contributed by atoms with E-state index < -0.39 is 6.10 Å². The van der Waals surface area contributed by atoms with Gasteiger partial charge in [0.15, 0.2) is 0 Å². The van der Waals surface area contributed by atoms with Crippen LogP contribution in [0.3, 0.4) is 0 Å². The molecular formula is C12H23N3O2. The third kappa shape index (κ3) is 6.41. The molecule has 0 amide bonds. The maximum absolute atomic E-state index is 9.62. The SMILES string of the molecule is CCCCOCC(O)CNCc1cnn(C)c1. The van der Waals surface area contributed by atoms with Gasteiger partial charge >= 0.3 is 0 Å². The first-order valence-electron chi connectivity index (χ1n) is 6.16. The van der Waals surface area contributed by atoms with Gasteiger partial charge in [0, 0.05) is 38.5 Å². The summed E-state index contributed by atoms with van der Waals surface area (Å²) in [6.45, 7) is 4.52. The summed E-state index contributed by atoms with van der Waals surface area (Å²) >= 11 is 0. The zero-order chi connectivity index (χ0) is 12.5. The Morgan fingerprint density at radius 3 is 3.06 bits per heavy atom. The Morgan fingerprint density at radius 1 is 1.59 bits per heavy atom. The van der Waals surface area contributed by atoms with Crippen molar-refractivity contribution in [2.24, 2.45) is 7.05 Å². The minimum Gasteiger partial charge on any atom is -0.389 e. The molecule has 1 heterocycles. The summed E-state index contributed by atoms with van der Waals surface area (Å²) in [5.41, 5.74) is 1.12. The third-order valence-corrected chi connectivity index (χ3v) is 2.42. The summed E-state index contributed by atoms with van der Waals surface area (Å²) in [5, 5.41) is 16.9. The monoisotopic (exact) mass is 241 g/mol. The highest BCUT2D eigenvalue weighted by atomic mass is 16.5. The van der Waals surface area contributed by atoms with Crippen LogP contribution in [0.1, 0.15) is 25.3 Å². The minimum absolute atomic E-state index is 0.403. The van der Waals surface area contributed by atoms with Crippen LogP contribution in [0.5, 0.6) is 0 Å². The molecule has 1 atom stereocenters. The predicted octanol–water partition coefficient (Wildman–Crippen LogP) is 0.687. The molecule has 5 heteroatoms. The lowest BCUT2D eigenvalue weighted by atomic mass is 10.3. The first-order chi connectivity index (χ1) is 8.22. The van der Waals surface area contributed by atoms with Crippen molar-refractivity contribution in [3.05, 3.63) is 18.0 Å². The topological polar surface area (TPSA) is 59.3 Å². The van der Waals surface area contributed by atoms with Gasteiger partial charge in [-0.3, -0.25) is 4.68 Å². The molecule has 5 nitrogen and oxygen atoms in total. The number of hydrogen-bond donors (Lipinski definition) is 2.